The second-order valence-corrected chi connectivity index (χ2v) is 3.41. The van der Waals surface area contributed by atoms with Crippen LogP contribution < -0.4 is 10.1 Å². The van der Waals surface area contributed by atoms with E-state index in [1.807, 2.05) is 25.3 Å². The average molecular weight is 219 g/mol. The van der Waals surface area contributed by atoms with Gasteiger partial charge < -0.3 is 10.1 Å². The molecule has 0 unspecified atom stereocenters. The molecule has 0 spiro atoms. The minimum atomic E-state index is 0.661. The van der Waals surface area contributed by atoms with Crippen LogP contribution >= 0.6 is 0 Å². The summed E-state index contributed by atoms with van der Waals surface area (Å²) >= 11 is 0. The van der Waals surface area contributed by atoms with Crippen molar-refractivity contribution >= 4 is 12.4 Å². The predicted molar refractivity (Wildman–Crippen MR) is 66.0 cm³/mol. The normalized spacial score (nSPS) is 10.6. The van der Waals surface area contributed by atoms with Crippen molar-refractivity contribution in [2.45, 2.75) is 6.42 Å². The van der Waals surface area contributed by atoms with E-state index < -0.39 is 0 Å². The van der Waals surface area contributed by atoms with Gasteiger partial charge in [-0.3, -0.25) is 4.79 Å². The standard InChI is InChI=1S/C13H17NO2/c1-14-8-4-3-5-12-9-11(10-15)6-7-13(12)16-2/h3,5-7,9-10,14H,4,8H2,1-2H3. The van der Waals surface area contributed by atoms with Gasteiger partial charge in [-0.25, -0.2) is 0 Å². The molecular weight excluding hydrogens is 202 g/mol. The first-order chi connectivity index (χ1) is 7.81. The van der Waals surface area contributed by atoms with E-state index in [-0.39, 0.29) is 0 Å². The number of methoxy groups -OCH3 is 1. The fourth-order valence-electron chi connectivity index (χ4n) is 1.39. The van der Waals surface area contributed by atoms with Gasteiger partial charge in [0.25, 0.3) is 0 Å². The number of hydrogen-bond donors (Lipinski definition) is 1. The minimum Gasteiger partial charge on any atom is -0.496 e. The van der Waals surface area contributed by atoms with Crippen molar-refractivity contribution in [2.75, 3.05) is 20.7 Å². The smallest absolute Gasteiger partial charge is 0.150 e. The number of carbonyl (C=O) groups is 1. The molecule has 0 saturated heterocycles. The van der Waals surface area contributed by atoms with Crippen LogP contribution in [0.4, 0.5) is 0 Å². The van der Waals surface area contributed by atoms with Crippen LogP contribution in [-0.2, 0) is 0 Å². The fourth-order valence-corrected chi connectivity index (χ4v) is 1.39. The SMILES string of the molecule is CNCCC=Cc1cc(C=O)ccc1OC. The summed E-state index contributed by atoms with van der Waals surface area (Å²) in [5.74, 6) is 0.784. The number of carbonyl (C=O) groups excluding carboxylic acids is 1. The molecule has 1 aromatic carbocycles. The molecule has 86 valence electrons. The molecule has 16 heavy (non-hydrogen) atoms. The van der Waals surface area contributed by atoms with E-state index in [9.17, 15) is 4.79 Å². The van der Waals surface area contributed by atoms with Gasteiger partial charge in [-0.15, -0.1) is 0 Å². The topological polar surface area (TPSA) is 38.3 Å². The van der Waals surface area contributed by atoms with Crippen molar-refractivity contribution in [3.8, 4) is 5.75 Å². The quantitative estimate of drug-likeness (QED) is 0.588. The van der Waals surface area contributed by atoms with E-state index in [1.54, 1.807) is 13.2 Å². The van der Waals surface area contributed by atoms with E-state index in [2.05, 4.69) is 11.4 Å². The molecule has 0 aromatic heterocycles. The largest absolute Gasteiger partial charge is 0.496 e. The lowest BCUT2D eigenvalue weighted by atomic mass is 10.1. The molecule has 0 fully saturated rings. The van der Waals surface area contributed by atoms with Crippen LogP contribution in [0.5, 0.6) is 5.75 Å². The zero-order valence-corrected chi connectivity index (χ0v) is 9.69. The highest BCUT2D eigenvalue weighted by molar-refractivity contribution is 5.77. The van der Waals surface area contributed by atoms with Gasteiger partial charge in [0.1, 0.15) is 12.0 Å². The molecule has 0 atom stereocenters. The highest BCUT2D eigenvalue weighted by Crippen LogP contribution is 2.20. The molecule has 0 bridgehead atoms. The van der Waals surface area contributed by atoms with Crippen LogP contribution in [0.1, 0.15) is 22.3 Å². The number of ether oxygens (including phenoxy) is 1. The molecule has 0 saturated carbocycles. The van der Waals surface area contributed by atoms with Crippen molar-refractivity contribution in [2.24, 2.45) is 0 Å². The van der Waals surface area contributed by atoms with Gasteiger partial charge in [0.2, 0.25) is 0 Å². The van der Waals surface area contributed by atoms with Crippen molar-refractivity contribution in [1.29, 1.82) is 0 Å². The minimum absolute atomic E-state index is 0.661. The molecule has 3 heteroatoms. The summed E-state index contributed by atoms with van der Waals surface area (Å²) in [7, 11) is 3.54. The summed E-state index contributed by atoms with van der Waals surface area (Å²) in [6, 6.07) is 5.37. The van der Waals surface area contributed by atoms with Crippen LogP contribution in [0.15, 0.2) is 24.3 Å². The molecule has 0 amide bonds. The zero-order chi connectivity index (χ0) is 11.8. The van der Waals surface area contributed by atoms with Gasteiger partial charge in [0.05, 0.1) is 7.11 Å². The third-order valence-corrected chi connectivity index (χ3v) is 2.25. The molecule has 3 nitrogen and oxygen atoms in total. The Kier molecular flexibility index (Phi) is 5.29. The summed E-state index contributed by atoms with van der Waals surface area (Å²) in [6.07, 6.45) is 5.82. The van der Waals surface area contributed by atoms with Gasteiger partial charge in [-0.2, -0.15) is 0 Å². The Labute approximate surface area is 96.1 Å². The van der Waals surface area contributed by atoms with Crippen LogP contribution in [0, 0.1) is 0 Å². The van der Waals surface area contributed by atoms with Crippen LogP contribution in [0.25, 0.3) is 6.08 Å². The first-order valence-corrected chi connectivity index (χ1v) is 5.26. The molecule has 0 aliphatic heterocycles. The molecule has 0 aliphatic rings. The van der Waals surface area contributed by atoms with Crippen LogP contribution in [0.3, 0.4) is 0 Å². The monoisotopic (exact) mass is 219 g/mol. The van der Waals surface area contributed by atoms with Gasteiger partial charge in [0, 0.05) is 11.1 Å². The molecule has 1 N–H and O–H groups in total. The lowest BCUT2D eigenvalue weighted by Gasteiger charge is -2.05. The van der Waals surface area contributed by atoms with Crippen LogP contribution in [0.2, 0.25) is 0 Å². The Hall–Kier alpha value is -1.61. The molecule has 0 aliphatic carbocycles. The maximum atomic E-state index is 10.7. The first-order valence-electron chi connectivity index (χ1n) is 5.26. The Morgan fingerprint density at radius 1 is 1.44 bits per heavy atom. The lowest BCUT2D eigenvalue weighted by Crippen LogP contribution is -2.05. The van der Waals surface area contributed by atoms with Crippen molar-refractivity contribution in [3.05, 3.63) is 35.4 Å². The Bertz CT molecular complexity index is 372. The molecule has 1 aromatic rings. The number of benzene rings is 1. The maximum Gasteiger partial charge on any atom is 0.150 e. The summed E-state index contributed by atoms with van der Waals surface area (Å²) in [5.41, 5.74) is 1.59. The van der Waals surface area contributed by atoms with Gasteiger partial charge in [-0.05, 0) is 38.2 Å². The summed E-state index contributed by atoms with van der Waals surface area (Å²) in [5, 5.41) is 3.07. The summed E-state index contributed by atoms with van der Waals surface area (Å²) < 4.78 is 5.22. The zero-order valence-electron chi connectivity index (χ0n) is 9.69. The van der Waals surface area contributed by atoms with E-state index in [1.165, 1.54) is 0 Å². The highest BCUT2D eigenvalue weighted by atomic mass is 16.5. The third-order valence-electron chi connectivity index (χ3n) is 2.25. The van der Waals surface area contributed by atoms with Crippen LogP contribution in [-0.4, -0.2) is 27.0 Å². The predicted octanol–water partition coefficient (Wildman–Crippen LogP) is 2.13. The maximum absolute atomic E-state index is 10.7. The summed E-state index contributed by atoms with van der Waals surface area (Å²) in [4.78, 5) is 10.7. The summed E-state index contributed by atoms with van der Waals surface area (Å²) in [6.45, 7) is 0.937. The number of hydrogen-bond acceptors (Lipinski definition) is 3. The second kappa shape index (κ2) is 6.80. The number of nitrogens with one attached hydrogen (secondary N) is 1. The highest BCUT2D eigenvalue weighted by Gasteiger charge is 2.00. The lowest BCUT2D eigenvalue weighted by molar-refractivity contribution is 0.112. The molecule has 0 radical (unpaired) electrons. The van der Waals surface area contributed by atoms with E-state index in [0.717, 1.165) is 30.6 Å². The first kappa shape index (κ1) is 12.5. The number of aldehydes is 1. The molecule has 0 heterocycles. The van der Waals surface area contributed by atoms with E-state index in [4.69, 9.17) is 4.74 Å². The third kappa shape index (κ3) is 3.51. The molecular formula is C13H17NO2. The average Bonchev–Trinajstić information content (AvgIpc) is 2.34. The Morgan fingerprint density at radius 3 is 2.88 bits per heavy atom. The molecule has 1 rings (SSSR count). The Morgan fingerprint density at radius 2 is 2.25 bits per heavy atom. The van der Waals surface area contributed by atoms with Gasteiger partial charge in [0.15, 0.2) is 0 Å². The second-order valence-electron chi connectivity index (χ2n) is 3.41. The van der Waals surface area contributed by atoms with Gasteiger partial charge in [-0.1, -0.05) is 12.2 Å². The Balaban J connectivity index is 2.82. The number of rotatable bonds is 6. The fraction of sp³-hybridized carbons (Fsp3) is 0.308. The van der Waals surface area contributed by atoms with Crippen molar-refractivity contribution in [1.82, 2.24) is 5.32 Å². The van der Waals surface area contributed by atoms with Crippen molar-refractivity contribution in [3.63, 3.8) is 0 Å². The van der Waals surface area contributed by atoms with E-state index in [0.29, 0.717) is 5.56 Å². The van der Waals surface area contributed by atoms with E-state index >= 15 is 0 Å². The van der Waals surface area contributed by atoms with Gasteiger partial charge >= 0.3 is 0 Å². The van der Waals surface area contributed by atoms with Crippen molar-refractivity contribution < 1.29 is 9.53 Å².